The molecule has 0 bridgehead atoms. The topological polar surface area (TPSA) is 131 Å². The Balaban J connectivity index is 1.54. The Morgan fingerprint density at radius 1 is 1.00 bits per heavy atom. The first-order chi connectivity index (χ1) is 17.6. The first-order valence-corrected chi connectivity index (χ1v) is 12.2. The highest BCUT2D eigenvalue weighted by Crippen LogP contribution is 2.27. The Hall–Kier alpha value is -3.88. The molecule has 3 aromatic rings. The molecule has 3 rings (SSSR count). The molecule has 0 spiro atoms. The van der Waals surface area contributed by atoms with Crippen LogP contribution in [0, 0.1) is 6.92 Å². The SMILES string of the molecule is Cc1cc(CCNC(=O)c2cccc(CC(C)(C)NCC(O)c3ccc(O)c(NC=O)c3)c2)ccc1O. The Morgan fingerprint density at radius 3 is 2.49 bits per heavy atom. The van der Waals surface area contributed by atoms with Gasteiger partial charge in [0, 0.05) is 24.2 Å². The summed E-state index contributed by atoms with van der Waals surface area (Å²) in [7, 11) is 0. The molecule has 3 aromatic carbocycles. The smallest absolute Gasteiger partial charge is 0.251 e. The number of hydrogen-bond donors (Lipinski definition) is 6. The average Bonchev–Trinajstić information content (AvgIpc) is 2.86. The van der Waals surface area contributed by atoms with Crippen LogP contribution in [-0.4, -0.2) is 46.3 Å². The molecule has 0 heterocycles. The summed E-state index contributed by atoms with van der Waals surface area (Å²) >= 11 is 0. The number of nitrogens with one attached hydrogen (secondary N) is 3. The zero-order chi connectivity index (χ0) is 27.0. The number of rotatable bonds is 12. The van der Waals surface area contributed by atoms with Crippen LogP contribution < -0.4 is 16.0 Å². The summed E-state index contributed by atoms with van der Waals surface area (Å²) in [5.41, 5.74) is 3.83. The lowest BCUT2D eigenvalue weighted by molar-refractivity contribution is -0.105. The predicted molar refractivity (Wildman–Crippen MR) is 144 cm³/mol. The van der Waals surface area contributed by atoms with Crippen molar-refractivity contribution in [1.82, 2.24) is 10.6 Å². The highest BCUT2D eigenvalue weighted by atomic mass is 16.3. The first-order valence-electron chi connectivity index (χ1n) is 12.2. The minimum absolute atomic E-state index is 0.0734. The lowest BCUT2D eigenvalue weighted by Gasteiger charge is -2.28. The molecule has 8 nitrogen and oxygen atoms in total. The number of anilines is 1. The molecule has 37 heavy (non-hydrogen) atoms. The van der Waals surface area contributed by atoms with Crippen LogP contribution in [0.1, 0.15) is 52.6 Å². The van der Waals surface area contributed by atoms with Crippen molar-refractivity contribution in [2.45, 2.75) is 45.3 Å². The van der Waals surface area contributed by atoms with Gasteiger partial charge in [-0.15, -0.1) is 0 Å². The number of carbonyl (C=O) groups is 2. The number of phenols is 2. The molecule has 0 aliphatic rings. The Bertz CT molecular complexity index is 1240. The molecule has 0 radical (unpaired) electrons. The van der Waals surface area contributed by atoms with Gasteiger partial charge < -0.3 is 31.3 Å². The van der Waals surface area contributed by atoms with Gasteiger partial charge in [-0.1, -0.05) is 30.3 Å². The highest BCUT2D eigenvalue weighted by molar-refractivity contribution is 5.94. The second kappa shape index (κ2) is 12.4. The Kier molecular flexibility index (Phi) is 9.27. The fraction of sp³-hybridized carbons (Fsp3) is 0.310. The van der Waals surface area contributed by atoms with E-state index in [-0.39, 0.29) is 35.2 Å². The van der Waals surface area contributed by atoms with Crippen molar-refractivity contribution >= 4 is 18.0 Å². The molecule has 0 saturated carbocycles. The number of aromatic hydroxyl groups is 2. The Labute approximate surface area is 217 Å². The minimum atomic E-state index is -0.846. The number of hydrogen-bond acceptors (Lipinski definition) is 6. The number of amides is 2. The van der Waals surface area contributed by atoms with E-state index in [1.165, 1.54) is 12.1 Å². The summed E-state index contributed by atoms with van der Waals surface area (Å²) in [4.78, 5) is 23.4. The van der Waals surface area contributed by atoms with Crippen molar-refractivity contribution in [3.63, 3.8) is 0 Å². The lowest BCUT2D eigenvalue weighted by Crippen LogP contribution is -2.43. The van der Waals surface area contributed by atoms with E-state index in [0.29, 0.717) is 36.9 Å². The van der Waals surface area contributed by atoms with Crippen molar-refractivity contribution in [1.29, 1.82) is 0 Å². The molecule has 8 heteroatoms. The molecule has 1 atom stereocenters. The van der Waals surface area contributed by atoms with E-state index < -0.39 is 6.10 Å². The lowest BCUT2D eigenvalue weighted by atomic mass is 9.93. The standard InChI is InChI=1S/C29H35N3O5/c1-19-13-20(7-9-25(19)34)11-12-30-28(37)23-6-4-5-21(14-23)16-29(2,3)32-17-27(36)22-8-10-26(35)24(15-22)31-18-33/h4-10,13-15,18,27,32,34-36H,11-12,16-17H2,1-3H3,(H,30,37)(H,31,33). The van der Waals surface area contributed by atoms with E-state index in [1.54, 1.807) is 18.2 Å². The third-order valence-corrected chi connectivity index (χ3v) is 6.19. The van der Waals surface area contributed by atoms with E-state index in [2.05, 4.69) is 16.0 Å². The van der Waals surface area contributed by atoms with Gasteiger partial charge in [0.25, 0.3) is 5.91 Å². The van der Waals surface area contributed by atoms with Crippen LogP contribution in [0.3, 0.4) is 0 Å². The van der Waals surface area contributed by atoms with Crippen LogP contribution in [-0.2, 0) is 17.6 Å². The van der Waals surface area contributed by atoms with Crippen molar-refractivity contribution in [3.8, 4) is 11.5 Å². The second-order valence-corrected chi connectivity index (χ2v) is 9.82. The number of β-amino-alcohol motifs (C(OH)–C–C–N with tert-alkyl or cyclic N) is 1. The van der Waals surface area contributed by atoms with Gasteiger partial charge in [-0.25, -0.2) is 0 Å². The molecule has 0 fully saturated rings. The number of benzene rings is 3. The van der Waals surface area contributed by atoms with Crippen LogP contribution in [0.5, 0.6) is 11.5 Å². The second-order valence-electron chi connectivity index (χ2n) is 9.82. The molecule has 0 aromatic heterocycles. The maximum absolute atomic E-state index is 12.7. The van der Waals surface area contributed by atoms with Gasteiger partial charge in [-0.3, -0.25) is 9.59 Å². The number of carbonyl (C=O) groups excluding carboxylic acids is 2. The quantitative estimate of drug-likeness (QED) is 0.165. The van der Waals surface area contributed by atoms with Crippen LogP contribution in [0.2, 0.25) is 0 Å². The average molecular weight is 506 g/mol. The molecular formula is C29H35N3O5. The van der Waals surface area contributed by atoms with Crippen molar-refractivity contribution in [3.05, 3.63) is 88.5 Å². The van der Waals surface area contributed by atoms with Crippen molar-refractivity contribution in [2.24, 2.45) is 0 Å². The van der Waals surface area contributed by atoms with Gasteiger partial charge in [-0.2, -0.15) is 0 Å². The van der Waals surface area contributed by atoms with Gasteiger partial charge in [0.15, 0.2) is 0 Å². The number of aliphatic hydroxyl groups excluding tert-OH is 1. The molecule has 0 aliphatic carbocycles. The zero-order valence-electron chi connectivity index (χ0n) is 21.4. The van der Waals surface area contributed by atoms with Crippen LogP contribution in [0.15, 0.2) is 60.7 Å². The summed E-state index contributed by atoms with van der Waals surface area (Å²) in [6, 6.07) is 17.5. The minimum Gasteiger partial charge on any atom is -0.508 e. The van der Waals surface area contributed by atoms with Crippen molar-refractivity contribution in [2.75, 3.05) is 18.4 Å². The fourth-order valence-corrected chi connectivity index (χ4v) is 4.12. The Morgan fingerprint density at radius 2 is 1.76 bits per heavy atom. The van der Waals surface area contributed by atoms with E-state index in [9.17, 15) is 24.9 Å². The summed E-state index contributed by atoms with van der Waals surface area (Å²) in [6.45, 7) is 6.62. The van der Waals surface area contributed by atoms with Crippen LogP contribution >= 0.6 is 0 Å². The van der Waals surface area contributed by atoms with E-state index in [4.69, 9.17) is 0 Å². The van der Waals surface area contributed by atoms with Crippen molar-refractivity contribution < 1.29 is 24.9 Å². The normalized spacial score (nSPS) is 12.1. The number of phenolic OH excluding ortho intramolecular Hbond substituents is 2. The summed E-state index contributed by atoms with van der Waals surface area (Å²) < 4.78 is 0. The number of aliphatic hydroxyl groups is 1. The molecule has 1 unspecified atom stereocenters. The van der Waals surface area contributed by atoms with Crippen LogP contribution in [0.25, 0.3) is 0 Å². The van der Waals surface area contributed by atoms with Crippen LogP contribution in [0.4, 0.5) is 5.69 Å². The third kappa shape index (κ3) is 8.06. The maximum Gasteiger partial charge on any atom is 0.251 e. The predicted octanol–water partition coefficient (Wildman–Crippen LogP) is 3.59. The first kappa shape index (κ1) is 27.7. The molecule has 6 N–H and O–H groups in total. The van der Waals surface area contributed by atoms with E-state index in [1.807, 2.05) is 51.1 Å². The molecule has 196 valence electrons. The monoisotopic (exact) mass is 505 g/mol. The van der Waals surface area contributed by atoms with Gasteiger partial charge >= 0.3 is 0 Å². The van der Waals surface area contributed by atoms with E-state index >= 15 is 0 Å². The fourth-order valence-electron chi connectivity index (χ4n) is 4.12. The maximum atomic E-state index is 12.7. The highest BCUT2D eigenvalue weighted by Gasteiger charge is 2.21. The van der Waals surface area contributed by atoms with Gasteiger partial charge in [-0.05, 0) is 86.2 Å². The van der Waals surface area contributed by atoms with Gasteiger partial charge in [0.1, 0.15) is 11.5 Å². The summed E-state index contributed by atoms with van der Waals surface area (Å²) in [5, 5.41) is 38.8. The zero-order valence-corrected chi connectivity index (χ0v) is 21.4. The van der Waals surface area contributed by atoms with Gasteiger partial charge in [0.05, 0.1) is 11.8 Å². The summed E-state index contributed by atoms with van der Waals surface area (Å²) in [6.07, 6.45) is 0.916. The molecule has 0 saturated heterocycles. The number of aryl methyl sites for hydroxylation is 1. The molecule has 0 aliphatic heterocycles. The third-order valence-electron chi connectivity index (χ3n) is 6.19. The molecular weight excluding hydrogens is 470 g/mol. The largest absolute Gasteiger partial charge is 0.508 e. The summed E-state index contributed by atoms with van der Waals surface area (Å²) in [5.74, 6) is 0.0409. The van der Waals surface area contributed by atoms with E-state index in [0.717, 1.165) is 16.7 Å². The molecule has 2 amide bonds. The van der Waals surface area contributed by atoms with Gasteiger partial charge in [0.2, 0.25) is 6.41 Å².